The Morgan fingerprint density at radius 2 is 1.76 bits per heavy atom. The van der Waals surface area contributed by atoms with E-state index in [2.05, 4.69) is 33.8 Å². The Morgan fingerprint density at radius 1 is 1.06 bits per heavy atom. The van der Waals surface area contributed by atoms with Crippen LogP contribution in [0.5, 0.6) is 5.75 Å². The predicted molar refractivity (Wildman–Crippen MR) is 73.1 cm³/mol. The molecule has 1 rings (SSSR count). The van der Waals surface area contributed by atoms with Crippen LogP contribution in [0, 0.1) is 0 Å². The van der Waals surface area contributed by atoms with E-state index in [9.17, 15) is 5.11 Å². The van der Waals surface area contributed by atoms with Crippen LogP contribution in [-0.2, 0) is 16.9 Å². The van der Waals surface area contributed by atoms with Crippen LogP contribution in [0.1, 0.15) is 64.5 Å². The van der Waals surface area contributed by atoms with Crippen LogP contribution >= 0.6 is 0 Å². The van der Waals surface area contributed by atoms with E-state index in [4.69, 9.17) is 0 Å². The van der Waals surface area contributed by atoms with Gasteiger partial charge in [0.15, 0.2) is 5.75 Å². The topological polar surface area (TPSA) is 19.9 Å². The van der Waals surface area contributed by atoms with Crippen molar-refractivity contribution < 1.29 is 5.11 Å². The summed E-state index contributed by atoms with van der Waals surface area (Å²) in [5, 5.41) is 11.8. The summed E-state index contributed by atoms with van der Waals surface area (Å²) in [6, 6.07) is 5.83. The first-order chi connectivity index (χ1) is 7.95. The second kappa shape index (κ2) is 6.09. The van der Waals surface area contributed by atoms with Gasteiger partial charge in [-0.1, -0.05) is 59.1 Å². The van der Waals surface area contributed by atoms with Crippen LogP contribution in [-0.4, -0.2) is 0 Å². The highest BCUT2D eigenvalue weighted by atomic mass is 16.3. The molecule has 0 heterocycles. The molecule has 0 unspecified atom stereocenters. The normalized spacial score (nSPS) is 11.8. The number of hydrogen-bond acceptors (Lipinski definition) is 0. The zero-order chi connectivity index (χ0) is 12.9. The Balaban J connectivity index is 2.69. The van der Waals surface area contributed by atoms with Gasteiger partial charge in [-0.15, -0.1) is 0 Å². The molecule has 0 atom stereocenters. The van der Waals surface area contributed by atoms with E-state index in [0.717, 1.165) is 12.0 Å². The second-order valence-electron chi connectivity index (χ2n) is 5.89. The molecule has 1 aromatic carbocycles. The first kappa shape index (κ1) is 14.1. The van der Waals surface area contributed by atoms with Crippen molar-refractivity contribution in [2.75, 3.05) is 0 Å². The Bertz CT molecular complexity index is 347. The molecule has 1 aromatic rings. The largest absolute Gasteiger partial charge is 0.290 e. The van der Waals surface area contributed by atoms with Crippen LogP contribution in [0.2, 0.25) is 0 Å². The van der Waals surface area contributed by atoms with Gasteiger partial charge in [-0.25, -0.2) is 0 Å². The molecule has 0 amide bonds. The van der Waals surface area contributed by atoms with Crippen molar-refractivity contribution in [1.29, 1.82) is 0 Å². The van der Waals surface area contributed by atoms with Crippen molar-refractivity contribution in [3.05, 3.63) is 29.3 Å². The van der Waals surface area contributed by atoms with E-state index >= 15 is 0 Å². The average Bonchev–Trinajstić information content (AvgIpc) is 2.25. The van der Waals surface area contributed by atoms with Crippen molar-refractivity contribution in [2.24, 2.45) is 0 Å². The van der Waals surface area contributed by atoms with E-state index in [-0.39, 0.29) is 11.2 Å². The molecule has 0 aliphatic rings. The van der Waals surface area contributed by atoms with Crippen molar-refractivity contribution in [3.63, 3.8) is 0 Å². The minimum atomic E-state index is -0.0451. The number of benzene rings is 1. The summed E-state index contributed by atoms with van der Waals surface area (Å²) >= 11 is 0. The number of rotatable bonds is 5. The summed E-state index contributed by atoms with van der Waals surface area (Å²) in [5.41, 5.74) is 2.22. The van der Waals surface area contributed by atoms with E-state index in [0.29, 0.717) is 0 Å². The van der Waals surface area contributed by atoms with Gasteiger partial charge in [-0.2, -0.15) is 0 Å². The molecule has 0 bridgehead atoms. The number of unbranched alkanes of at least 4 members (excludes halogenated alkanes) is 3. The Morgan fingerprint density at radius 3 is 2.35 bits per heavy atom. The first-order valence-corrected chi connectivity index (χ1v) is 6.75. The van der Waals surface area contributed by atoms with Gasteiger partial charge in [-0.3, -0.25) is 5.11 Å². The van der Waals surface area contributed by atoms with Gasteiger partial charge in [0.05, 0.1) is 0 Å². The van der Waals surface area contributed by atoms with E-state index in [1.54, 1.807) is 6.07 Å². The fourth-order valence-electron chi connectivity index (χ4n) is 2.07. The van der Waals surface area contributed by atoms with Gasteiger partial charge >= 0.3 is 0 Å². The molecule has 17 heavy (non-hydrogen) atoms. The summed E-state index contributed by atoms with van der Waals surface area (Å²) in [6.07, 6.45) is 6.21. The van der Waals surface area contributed by atoms with Gasteiger partial charge < -0.3 is 0 Å². The molecule has 0 saturated heterocycles. The summed E-state index contributed by atoms with van der Waals surface area (Å²) in [6.45, 7) is 8.53. The van der Waals surface area contributed by atoms with Crippen molar-refractivity contribution in [1.82, 2.24) is 0 Å². The summed E-state index contributed by atoms with van der Waals surface area (Å²) in [4.78, 5) is 0. The highest BCUT2D eigenvalue weighted by Crippen LogP contribution is 2.32. The molecular formula is C16H25O. The molecule has 95 valence electrons. The Labute approximate surface area is 106 Å². The lowest BCUT2D eigenvalue weighted by atomic mass is 9.85. The van der Waals surface area contributed by atoms with E-state index in [1.165, 1.54) is 31.2 Å². The number of aryl methyl sites for hydroxylation is 1. The fraction of sp³-hybridized carbons (Fsp3) is 0.625. The Kier molecular flexibility index (Phi) is 5.04. The molecule has 1 heteroatoms. The zero-order valence-electron chi connectivity index (χ0n) is 11.7. The highest BCUT2D eigenvalue weighted by molar-refractivity contribution is 5.40. The van der Waals surface area contributed by atoms with Gasteiger partial charge in [0.1, 0.15) is 0 Å². The molecule has 0 spiro atoms. The maximum absolute atomic E-state index is 11.8. The van der Waals surface area contributed by atoms with Crippen LogP contribution < -0.4 is 0 Å². The SMILES string of the molecule is CCCCCCc1ccc([O])c(C(C)(C)C)c1. The fourth-order valence-corrected chi connectivity index (χ4v) is 2.07. The first-order valence-electron chi connectivity index (χ1n) is 6.75. The van der Waals surface area contributed by atoms with Crippen LogP contribution in [0.25, 0.3) is 0 Å². The zero-order valence-corrected chi connectivity index (χ0v) is 11.7. The summed E-state index contributed by atoms with van der Waals surface area (Å²) < 4.78 is 0. The molecular weight excluding hydrogens is 208 g/mol. The second-order valence-corrected chi connectivity index (χ2v) is 5.89. The van der Waals surface area contributed by atoms with E-state index in [1.807, 2.05) is 6.07 Å². The maximum atomic E-state index is 11.8. The molecule has 0 fully saturated rings. The highest BCUT2D eigenvalue weighted by Gasteiger charge is 2.19. The number of hydrogen-bond donors (Lipinski definition) is 0. The third-order valence-electron chi connectivity index (χ3n) is 3.17. The molecule has 1 nitrogen and oxygen atoms in total. The minimum Gasteiger partial charge on any atom is -0.290 e. The monoisotopic (exact) mass is 233 g/mol. The van der Waals surface area contributed by atoms with Crippen LogP contribution in [0.3, 0.4) is 0 Å². The summed E-state index contributed by atoms with van der Waals surface area (Å²) in [5.74, 6) is 0.176. The Hall–Kier alpha value is -0.980. The van der Waals surface area contributed by atoms with Gasteiger partial charge in [0, 0.05) is 5.56 Å². The van der Waals surface area contributed by atoms with Gasteiger partial charge in [0.25, 0.3) is 0 Å². The lowest BCUT2D eigenvalue weighted by molar-refractivity contribution is 0.340. The smallest absolute Gasteiger partial charge is 0.182 e. The van der Waals surface area contributed by atoms with Crippen molar-refractivity contribution in [3.8, 4) is 5.75 Å². The molecule has 1 radical (unpaired) electrons. The molecule has 0 N–H and O–H groups in total. The summed E-state index contributed by atoms with van der Waals surface area (Å²) in [7, 11) is 0. The molecule has 0 aliphatic carbocycles. The third kappa shape index (κ3) is 4.41. The molecule has 0 aromatic heterocycles. The molecule has 0 aliphatic heterocycles. The minimum absolute atomic E-state index is 0.0451. The third-order valence-corrected chi connectivity index (χ3v) is 3.17. The molecule has 0 saturated carbocycles. The van der Waals surface area contributed by atoms with Crippen LogP contribution in [0.4, 0.5) is 0 Å². The van der Waals surface area contributed by atoms with Gasteiger partial charge in [0.2, 0.25) is 0 Å². The quantitative estimate of drug-likeness (QED) is 0.619. The lowest BCUT2D eigenvalue weighted by Crippen LogP contribution is -2.11. The average molecular weight is 233 g/mol. The van der Waals surface area contributed by atoms with E-state index < -0.39 is 0 Å². The van der Waals surface area contributed by atoms with Crippen LogP contribution in [0.15, 0.2) is 18.2 Å². The van der Waals surface area contributed by atoms with Crippen molar-refractivity contribution >= 4 is 0 Å². The lowest BCUT2D eigenvalue weighted by Gasteiger charge is -2.20. The predicted octanol–water partition coefficient (Wildman–Crippen LogP) is 5.25. The maximum Gasteiger partial charge on any atom is 0.182 e. The van der Waals surface area contributed by atoms with Gasteiger partial charge in [-0.05, 0) is 29.9 Å². The standard InChI is InChI=1S/C16H25O/c1-5-6-7-8-9-13-10-11-15(17)14(12-13)16(2,3)4/h10-12H,5-9H2,1-4H3. The van der Waals surface area contributed by atoms with Crippen molar-refractivity contribution in [2.45, 2.75) is 65.2 Å².